The van der Waals surface area contributed by atoms with E-state index < -0.39 is 0 Å². The molecule has 0 amide bonds. The Bertz CT molecular complexity index is 790. The monoisotopic (exact) mass is 280 g/mol. The third kappa shape index (κ3) is 2.21. The van der Waals surface area contributed by atoms with Crippen molar-refractivity contribution in [2.75, 3.05) is 14.2 Å². The van der Waals surface area contributed by atoms with E-state index in [4.69, 9.17) is 9.47 Å². The highest BCUT2D eigenvalue weighted by molar-refractivity contribution is 6.11. The molecule has 2 heteroatoms. The van der Waals surface area contributed by atoms with Gasteiger partial charge < -0.3 is 9.47 Å². The van der Waals surface area contributed by atoms with E-state index in [2.05, 4.69) is 37.3 Å². The zero-order chi connectivity index (χ0) is 14.8. The Kier molecular flexibility index (Phi) is 3.70. The minimum atomic E-state index is 0.921. The molecule has 21 heavy (non-hydrogen) atoms. The van der Waals surface area contributed by atoms with Gasteiger partial charge in [-0.3, -0.25) is 0 Å². The summed E-state index contributed by atoms with van der Waals surface area (Å²) in [5.41, 5.74) is 1.33. The lowest BCUT2D eigenvalue weighted by Crippen LogP contribution is -1.94. The van der Waals surface area contributed by atoms with Crippen molar-refractivity contribution in [2.24, 2.45) is 0 Å². The normalized spacial score (nSPS) is 11.0. The molecular formula is C19H20O2. The molecule has 3 aromatic rings. The summed E-state index contributed by atoms with van der Waals surface area (Å²) in [5.74, 6) is 1.85. The Morgan fingerprint density at radius 2 is 1.33 bits per heavy atom. The van der Waals surface area contributed by atoms with Crippen LogP contribution in [0.25, 0.3) is 21.5 Å². The smallest absolute Gasteiger partial charge is 0.134 e. The van der Waals surface area contributed by atoms with Gasteiger partial charge in [0.05, 0.1) is 14.2 Å². The molecule has 2 nitrogen and oxygen atoms in total. The third-order valence-corrected chi connectivity index (χ3v) is 3.94. The van der Waals surface area contributed by atoms with Gasteiger partial charge >= 0.3 is 0 Å². The lowest BCUT2D eigenvalue weighted by molar-refractivity contribution is 0.417. The summed E-state index contributed by atoms with van der Waals surface area (Å²) in [6, 6.07) is 14.8. The molecule has 3 aromatic carbocycles. The van der Waals surface area contributed by atoms with Crippen LogP contribution in [0.2, 0.25) is 0 Å². The van der Waals surface area contributed by atoms with Crippen LogP contribution in [-0.4, -0.2) is 14.2 Å². The number of aryl methyl sites for hydroxylation is 1. The van der Waals surface area contributed by atoms with Crippen molar-refractivity contribution in [3.63, 3.8) is 0 Å². The molecule has 0 fully saturated rings. The maximum absolute atomic E-state index is 5.72. The van der Waals surface area contributed by atoms with Crippen LogP contribution in [0.3, 0.4) is 0 Å². The number of methoxy groups -OCH3 is 2. The summed E-state index contributed by atoms with van der Waals surface area (Å²) in [4.78, 5) is 0. The van der Waals surface area contributed by atoms with Crippen molar-refractivity contribution in [3.8, 4) is 11.5 Å². The molecule has 0 saturated heterocycles. The quantitative estimate of drug-likeness (QED) is 0.629. The molecule has 108 valence electrons. The Labute approximate surface area is 125 Å². The van der Waals surface area contributed by atoms with Gasteiger partial charge in [-0.05, 0) is 18.1 Å². The van der Waals surface area contributed by atoms with Gasteiger partial charge in [0.2, 0.25) is 0 Å². The zero-order valence-electron chi connectivity index (χ0n) is 12.8. The molecule has 0 heterocycles. The topological polar surface area (TPSA) is 18.5 Å². The number of hydrogen-bond donors (Lipinski definition) is 0. The van der Waals surface area contributed by atoms with Gasteiger partial charge in [0.1, 0.15) is 11.5 Å². The molecule has 0 saturated carbocycles. The summed E-state index contributed by atoms with van der Waals surface area (Å²) in [5, 5.41) is 4.41. The fourth-order valence-corrected chi connectivity index (χ4v) is 3.03. The molecule has 0 spiro atoms. The third-order valence-electron chi connectivity index (χ3n) is 3.94. The summed E-state index contributed by atoms with van der Waals surface area (Å²) in [6.07, 6.45) is 2.22. The Hall–Kier alpha value is -2.22. The van der Waals surface area contributed by atoms with Gasteiger partial charge in [0.15, 0.2) is 0 Å². The SMILES string of the molecule is CCCc1ccc2c(OC)c3ccccc3c(OC)c2c1. The summed E-state index contributed by atoms with van der Waals surface area (Å²) >= 11 is 0. The second-order valence-corrected chi connectivity index (χ2v) is 5.24. The van der Waals surface area contributed by atoms with Crippen molar-refractivity contribution in [2.45, 2.75) is 19.8 Å². The average Bonchev–Trinajstić information content (AvgIpc) is 2.52. The lowest BCUT2D eigenvalue weighted by atomic mass is 9.97. The molecule has 0 radical (unpaired) electrons. The van der Waals surface area contributed by atoms with Crippen molar-refractivity contribution >= 4 is 21.5 Å². The first kappa shape index (κ1) is 13.7. The zero-order valence-corrected chi connectivity index (χ0v) is 12.8. The number of hydrogen-bond acceptors (Lipinski definition) is 2. The molecule has 3 rings (SSSR count). The van der Waals surface area contributed by atoms with E-state index in [1.807, 2.05) is 12.1 Å². The van der Waals surface area contributed by atoms with Crippen LogP contribution in [0.5, 0.6) is 11.5 Å². The molecule has 0 aromatic heterocycles. The first-order valence-electron chi connectivity index (χ1n) is 7.35. The van der Waals surface area contributed by atoms with Crippen LogP contribution in [0.1, 0.15) is 18.9 Å². The molecule has 0 N–H and O–H groups in total. The number of ether oxygens (including phenoxy) is 2. The first-order chi connectivity index (χ1) is 10.3. The minimum absolute atomic E-state index is 0.921. The second-order valence-electron chi connectivity index (χ2n) is 5.24. The highest BCUT2D eigenvalue weighted by Crippen LogP contribution is 2.42. The maximum atomic E-state index is 5.72. The molecular weight excluding hydrogens is 260 g/mol. The Balaban J connectivity index is 2.45. The standard InChI is InChI=1S/C19H20O2/c1-4-7-13-10-11-16-17(12-13)19(21-3)15-9-6-5-8-14(15)18(16)20-2/h5-6,8-12H,4,7H2,1-3H3. The van der Waals surface area contributed by atoms with Crippen molar-refractivity contribution < 1.29 is 9.47 Å². The van der Waals surface area contributed by atoms with E-state index in [0.717, 1.165) is 45.9 Å². The number of benzene rings is 3. The summed E-state index contributed by atoms with van der Waals surface area (Å²) in [6.45, 7) is 2.20. The van der Waals surface area contributed by atoms with Crippen LogP contribution < -0.4 is 9.47 Å². The van der Waals surface area contributed by atoms with E-state index in [-0.39, 0.29) is 0 Å². The lowest BCUT2D eigenvalue weighted by Gasteiger charge is -2.15. The van der Waals surface area contributed by atoms with Crippen molar-refractivity contribution in [3.05, 3.63) is 48.0 Å². The van der Waals surface area contributed by atoms with Crippen LogP contribution >= 0.6 is 0 Å². The molecule has 0 aliphatic rings. The highest BCUT2D eigenvalue weighted by Gasteiger charge is 2.14. The van der Waals surface area contributed by atoms with Gasteiger partial charge in [0, 0.05) is 21.5 Å². The second kappa shape index (κ2) is 5.65. The van der Waals surface area contributed by atoms with E-state index in [9.17, 15) is 0 Å². The van der Waals surface area contributed by atoms with E-state index in [1.54, 1.807) is 14.2 Å². The van der Waals surface area contributed by atoms with Gasteiger partial charge in [-0.25, -0.2) is 0 Å². The fourth-order valence-electron chi connectivity index (χ4n) is 3.03. The van der Waals surface area contributed by atoms with Gasteiger partial charge in [0.25, 0.3) is 0 Å². The van der Waals surface area contributed by atoms with Crippen LogP contribution in [0.4, 0.5) is 0 Å². The summed E-state index contributed by atoms with van der Waals surface area (Å²) in [7, 11) is 3.47. The Morgan fingerprint density at radius 3 is 1.90 bits per heavy atom. The van der Waals surface area contributed by atoms with E-state index in [0.29, 0.717) is 0 Å². The van der Waals surface area contributed by atoms with Crippen molar-refractivity contribution in [1.29, 1.82) is 0 Å². The maximum Gasteiger partial charge on any atom is 0.134 e. The first-order valence-corrected chi connectivity index (χ1v) is 7.35. The molecule has 0 atom stereocenters. The number of rotatable bonds is 4. The predicted octanol–water partition coefficient (Wildman–Crippen LogP) is 4.96. The van der Waals surface area contributed by atoms with Crippen LogP contribution in [0, 0.1) is 0 Å². The van der Waals surface area contributed by atoms with Crippen LogP contribution in [0.15, 0.2) is 42.5 Å². The highest BCUT2D eigenvalue weighted by atomic mass is 16.5. The van der Waals surface area contributed by atoms with Gasteiger partial charge in [-0.15, -0.1) is 0 Å². The van der Waals surface area contributed by atoms with Gasteiger partial charge in [-0.2, -0.15) is 0 Å². The van der Waals surface area contributed by atoms with Crippen molar-refractivity contribution in [1.82, 2.24) is 0 Å². The fraction of sp³-hybridized carbons (Fsp3) is 0.263. The van der Waals surface area contributed by atoms with Crippen LogP contribution in [-0.2, 0) is 6.42 Å². The predicted molar refractivity (Wildman–Crippen MR) is 88.6 cm³/mol. The largest absolute Gasteiger partial charge is 0.495 e. The molecule has 0 aliphatic carbocycles. The summed E-state index contributed by atoms with van der Waals surface area (Å²) < 4.78 is 11.4. The minimum Gasteiger partial charge on any atom is -0.495 e. The number of fused-ring (bicyclic) bond motifs is 2. The van der Waals surface area contributed by atoms with E-state index >= 15 is 0 Å². The molecule has 0 bridgehead atoms. The van der Waals surface area contributed by atoms with Gasteiger partial charge in [-0.1, -0.05) is 49.7 Å². The van der Waals surface area contributed by atoms with E-state index in [1.165, 1.54) is 5.56 Å². The molecule has 0 unspecified atom stereocenters. The average molecular weight is 280 g/mol. The Morgan fingerprint density at radius 1 is 0.762 bits per heavy atom. The molecule has 0 aliphatic heterocycles.